The van der Waals surface area contributed by atoms with E-state index in [2.05, 4.69) is 27.0 Å². The lowest BCUT2D eigenvalue weighted by molar-refractivity contribution is 0.864. The van der Waals surface area contributed by atoms with Gasteiger partial charge in [-0.15, -0.1) is 0 Å². The van der Waals surface area contributed by atoms with E-state index in [0.29, 0.717) is 6.42 Å². The summed E-state index contributed by atoms with van der Waals surface area (Å²) in [5, 5.41) is 8.66. The van der Waals surface area contributed by atoms with Gasteiger partial charge >= 0.3 is 0 Å². The maximum atomic E-state index is 8.66. The average molecular weight is 276 g/mol. The average Bonchev–Trinajstić information content (AvgIpc) is 2.63. The smallest absolute Gasteiger partial charge is 0.139 e. The van der Waals surface area contributed by atoms with Crippen molar-refractivity contribution >= 4 is 15.9 Å². The van der Waals surface area contributed by atoms with Crippen LogP contribution in [0.4, 0.5) is 0 Å². The van der Waals surface area contributed by atoms with E-state index in [0.717, 1.165) is 21.6 Å². The highest BCUT2D eigenvalue weighted by Crippen LogP contribution is 2.21. The molecule has 0 amide bonds. The normalized spacial score (nSPS) is 10.1. The van der Waals surface area contributed by atoms with Gasteiger partial charge < -0.3 is 4.57 Å². The number of hydrogen-bond donors (Lipinski definition) is 0. The van der Waals surface area contributed by atoms with Crippen LogP contribution < -0.4 is 0 Å². The molecule has 0 aliphatic rings. The van der Waals surface area contributed by atoms with Crippen LogP contribution in [-0.4, -0.2) is 9.55 Å². The Labute approximate surface area is 102 Å². The molecule has 0 fully saturated rings. The number of halogens is 1. The molecule has 0 aliphatic heterocycles. The highest BCUT2D eigenvalue weighted by atomic mass is 79.9. The third kappa shape index (κ3) is 2.00. The van der Waals surface area contributed by atoms with Gasteiger partial charge in [0.2, 0.25) is 0 Å². The first-order chi connectivity index (χ1) is 7.72. The van der Waals surface area contributed by atoms with Crippen molar-refractivity contribution in [3.05, 3.63) is 40.6 Å². The Morgan fingerprint density at radius 1 is 1.38 bits per heavy atom. The van der Waals surface area contributed by atoms with Gasteiger partial charge in [0.25, 0.3) is 0 Å². The second-order valence-corrected chi connectivity index (χ2v) is 4.39. The number of benzene rings is 1. The molecular weight excluding hydrogens is 266 g/mol. The topological polar surface area (TPSA) is 41.6 Å². The van der Waals surface area contributed by atoms with Gasteiger partial charge in [0.05, 0.1) is 18.2 Å². The number of hydrogen-bond acceptors (Lipinski definition) is 2. The second-order valence-electron chi connectivity index (χ2n) is 3.47. The van der Waals surface area contributed by atoms with Gasteiger partial charge in [0.1, 0.15) is 5.82 Å². The standard InChI is InChI=1S/C12H10BrN3/c1-16-11(6-7-14)8-15-12(16)9-2-4-10(13)5-3-9/h2-5,8H,6H2,1H3. The summed E-state index contributed by atoms with van der Waals surface area (Å²) in [7, 11) is 1.93. The van der Waals surface area contributed by atoms with E-state index >= 15 is 0 Å². The van der Waals surface area contributed by atoms with Crippen LogP contribution in [0.25, 0.3) is 11.4 Å². The SMILES string of the molecule is Cn1c(CC#N)cnc1-c1ccc(Br)cc1. The van der Waals surface area contributed by atoms with Crippen LogP contribution in [-0.2, 0) is 13.5 Å². The number of nitriles is 1. The largest absolute Gasteiger partial charge is 0.330 e. The van der Waals surface area contributed by atoms with Gasteiger partial charge in [-0.1, -0.05) is 28.1 Å². The van der Waals surface area contributed by atoms with Crippen LogP contribution in [0, 0.1) is 11.3 Å². The van der Waals surface area contributed by atoms with Crippen LogP contribution in [0.5, 0.6) is 0 Å². The van der Waals surface area contributed by atoms with Crippen LogP contribution in [0.15, 0.2) is 34.9 Å². The zero-order valence-corrected chi connectivity index (χ0v) is 10.4. The van der Waals surface area contributed by atoms with Crippen molar-refractivity contribution in [2.24, 2.45) is 7.05 Å². The minimum atomic E-state index is 0.389. The molecule has 0 N–H and O–H groups in total. The molecule has 0 atom stereocenters. The molecule has 3 nitrogen and oxygen atoms in total. The number of rotatable bonds is 2. The molecule has 4 heteroatoms. The van der Waals surface area contributed by atoms with Crippen molar-refractivity contribution < 1.29 is 0 Å². The van der Waals surface area contributed by atoms with E-state index in [1.54, 1.807) is 6.20 Å². The molecule has 0 spiro atoms. The number of imidazole rings is 1. The fourth-order valence-electron chi connectivity index (χ4n) is 1.56. The van der Waals surface area contributed by atoms with Crippen LogP contribution in [0.2, 0.25) is 0 Å². The predicted octanol–water partition coefficient (Wildman–Crippen LogP) is 2.92. The van der Waals surface area contributed by atoms with Gasteiger partial charge in [0, 0.05) is 23.3 Å². The van der Waals surface area contributed by atoms with Gasteiger partial charge in [-0.05, 0) is 12.1 Å². The van der Waals surface area contributed by atoms with Crippen molar-refractivity contribution in [2.45, 2.75) is 6.42 Å². The minimum Gasteiger partial charge on any atom is -0.330 e. The molecule has 0 bridgehead atoms. The molecule has 1 aromatic heterocycles. The maximum absolute atomic E-state index is 8.66. The zero-order valence-electron chi connectivity index (χ0n) is 8.81. The van der Waals surface area contributed by atoms with E-state index in [-0.39, 0.29) is 0 Å². The molecular formula is C12H10BrN3. The predicted molar refractivity (Wildman–Crippen MR) is 65.7 cm³/mol. The molecule has 0 saturated heterocycles. The Hall–Kier alpha value is -1.60. The van der Waals surface area contributed by atoms with Crippen molar-refractivity contribution in [1.29, 1.82) is 5.26 Å². The number of aromatic nitrogens is 2. The fraction of sp³-hybridized carbons (Fsp3) is 0.167. The Balaban J connectivity index is 2.42. The first kappa shape index (κ1) is 10.9. The summed E-state index contributed by atoms with van der Waals surface area (Å²) < 4.78 is 3.00. The Morgan fingerprint density at radius 2 is 2.06 bits per heavy atom. The van der Waals surface area contributed by atoms with Crippen LogP contribution in [0.3, 0.4) is 0 Å². The van der Waals surface area contributed by atoms with Crippen LogP contribution in [0.1, 0.15) is 5.69 Å². The van der Waals surface area contributed by atoms with Gasteiger partial charge in [0.15, 0.2) is 0 Å². The summed E-state index contributed by atoms with van der Waals surface area (Å²) in [6.07, 6.45) is 2.14. The summed E-state index contributed by atoms with van der Waals surface area (Å²) in [4.78, 5) is 4.33. The van der Waals surface area contributed by atoms with Crippen LogP contribution >= 0.6 is 15.9 Å². The minimum absolute atomic E-state index is 0.389. The molecule has 16 heavy (non-hydrogen) atoms. The third-order valence-electron chi connectivity index (χ3n) is 2.45. The molecule has 1 heterocycles. The van der Waals surface area contributed by atoms with Gasteiger partial charge in [-0.25, -0.2) is 4.98 Å². The first-order valence-corrected chi connectivity index (χ1v) is 5.65. The van der Waals surface area contributed by atoms with Gasteiger partial charge in [-0.3, -0.25) is 0 Å². The molecule has 1 aromatic carbocycles. The van der Waals surface area contributed by atoms with Crippen molar-refractivity contribution in [1.82, 2.24) is 9.55 Å². The Morgan fingerprint density at radius 3 is 2.69 bits per heavy atom. The van der Waals surface area contributed by atoms with E-state index in [1.165, 1.54) is 0 Å². The highest BCUT2D eigenvalue weighted by Gasteiger charge is 2.07. The lowest BCUT2D eigenvalue weighted by Crippen LogP contribution is -1.97. The summed E-state index contributed by atoms with van der Waals surface area (Å²) in [5.41, 5.74) is 1.98. The molecule has 80 valence electrons. The zero-order chi connectivity index (χ0) is 11.5. The van der Waals surface area contributed by atoms with E-state index in [1.807, 2.05) is 35.9 Å². The quantitative estimate of drug-likeness (QED) is 0.846. The molecule has 2 aromatic rings. The Bertz CT molecular complexity index is 534. The summed E-state index contributed by atoms with van der Waals surface area (Å²) in [6.45, 7) is 0. The van der Waals surface area contributed by atoms with E-state index < -0.39 is 0 Å². The molecule has 0 saturated carbocycles. The highest BCUT2D eigenvalue weighted by molar-refractivity contribution is 9.10. The summed E-state index contributed by atoms with van der Waals surface area (Å²) >= 11 is 3.40. The van der Waals surface area contributed by atoms with Crippen molar-refractivity contribution in [3.63, 3.8) is 0 Å². The fourth-order valence-corrected chi connectivity index (χ4v) is 1.82. The van der Waals surface area contributed by atoms with Crippen molar-refractivity contribution in [3.8, 4) is 17.5 Å². The van der Waals surface area contributed by atoms with Crippen molar-refractivity contribution in [2.75, 3.05) is 0 Å². The van der Waals surface area contributed by atoms with E-state index in [4.69, 9.17) is 5.26 Å². The second kappa shape index (κ2) is 4.50. The third-order valence-corrected chi connectivity index (χ3v) is 2.98. The number of nitrogens with zero attached hydrogens (tertiary/aromatic N) is 3. The summed E-state index contributed by atoms with van der Waals surface area (Å²) in [6, 6.07) is 10.1. The summed E-state index contributed by atoms with van der Waals surface area (Å²) in [5.74, 6) is 0.887. The van der Waals surface area contributed by atoms with Gasteiger partial charge in [-0.2, -0.15) is 5.26 Å². The van der Waals surface area contributed by atoms with E-state index in [9.17, 15) is 0 Å². The molecule has 0 unspecified atom stereocenters. The molecule has 2 rings (SSSR count). The molecule has 0 aliphatic carbocycles. The molecule has 0 radical (unpaired) electrons. The monoisotopic (exact) mass is 275 g/mol. The maximum Gasteiger partial charge on any atom is 0.139 e. The lowest BCUT2D eigenvalue weighted by atomic mass is 10.2. The Kier molecular flexibility index (Phi) is 3.07. The lowest BCUT2D eigenvalue weighted by Gasteiger charge is -2.03. The first-order valence-electron chi connectivity index (χ1n) is 4.86.